The number of aryl methyl sites for hydroxylation is 1. The molecule has 4 rings (SSSR count). The van der Waals surface area contributed by atoms with Crippen LogP contribution in [0.3, 0.4) is 0 Å². The number of aromatic nitrogens is 3. The molecule has 166 valence electrons. The first-order valence-electron chi connectivity index (χ1n) is 10.2. The maximum Gasteiger partial charge on any atom is 0.270 e. The fraction of sp³-hybridized carbons (Fsp3) is 0.125. The molecule has 0 aliphatic heterocycles. The van der Waals surface area contributed by atoms with Crippen molar-refractivity contribution < 1.29 is 9.72 Å². The number of nitrogens with one attached hydrogen (secondary N) is 1. The first-order valence-corrected chi connectivity index (χ1v) is 11.1. The molecule has 0 aliphatic carbocycles. The van der Waals surface area contributed by atoms with Crippen LogP contribution >= 0.6 is 11.8 Å². The minimum atomic E-state index is -0.462. The summed E-state index contributed by atoms with van der Waals surface area (Å²) in [4.78, 5) is 23.6. The SMILES string of the molecule is Cc1ccc(NC(=O)C(C)Sc2nnc(-c3cccc([N+](=O)[O-])c3)n2-c2ccccc2)cc1. The molecule has 1 atom stereocenters. The maximum atomic E-state index is 12.8. The molecule has 33 heavy (non-hydrogen) atoms. The summed E-state index contributed by atoms with van der Waals surface area (Å²) < 4.78 is 1.80. The van der Waals surface area contributed by atoms with Crippen molar-refractivity contribution in [2.45, 2.75) is 24.3 Å². The third-order valence-corrected chi connectivity index (χ3v) is 5.98. The number of hydrogen-bond acceptors (Lipinski definition) is 6. The minimum Gasteiger partial charge on any atom is -0.325 e. The van der Waals surface area contributed by atoms with Crippen molar-refractivity contribution in [2.24, 2.45) is 0 Å². The van der Waals surface area contributed by atoms with Crippen molar-refractivity contribution in [1.82, 2.24) is 14.8 Å². The molecular weight excluding hydrogens is 438 g/mol. The van der Waals surface area contributed by atoms with E-state index in [1.807, 2.05) is 61.5 Å². The molecule has 4 aromatic rings. The number of carbonyl (C=O) groups is 1. The smallest absolute Gasteiger partial charge is 0.270 e. The number of nitrogens with zero attached hydrogens (tertiary/aromatic N) is 4. The van der Waals surface area contributed by atoms with Gasteiger partial charge in [0, 0.05) is 29.1 Å². The van der Waals surface area contributed by atoms with Crippen LogP contribution in [0.2, 0.25) is 0 Å². The van der Waals surface area contributed by atoms with E-state index < -0.39 is 10.2 Å². The van der Waals surface area contributed by atoms with Crippen molar-refractivity contribution >= 4 is 29.0 Å². The van der Waals surface area contributed by atoms with E-state index in [0.717, 1.165) is 16.9 Å². The fourth-order valence-electron chi connectivity index (χ4n) is 3.19. The van der Waals surface area contributed by atoms with E-state index in [0.29, 0.717) is 16.5 Å². The van der Waals surface area contributed by atoms with Gasteiger partial charge in [-0.15, -0.1) is 10.2 Å². The maximum absolute atomic E-state index is 12.8. The molecule has 0 radical (unpaired) electrons. The van der Waals surface area contributed by atoms with E-state index in [1.165, 1.54) is 23.9 Å². The molecule has 0 saturated carbocycles. The highest BCUT2D eigenvalue weighted by Gasteiger charge is 2.22. The lowest BCUT2D eigenvalue weighted by atomic mass is 10.2. The van der Waals surface area contributed by atoms with Gasteiger partial charge in [0.2, 0.25) is 5.91 Å². The number of nitro groups is 1. The molecule has 1 N–H and O–H groups in total. The summed E-state index contributed by atoms with van der Waals surface area (Å²) in [6.45, 7) is 3.78. The molecule has 9 heteroatoms. The highest BCUT2D eigenvalue weighted by atomic mass is 32.2. The van der Waals surface area contributed by atoms with E-state index in [9.17, 15) is 14.9 Å². The summed E-state index contributed by atoms with van der Waals surface area (Å²) in [6.07, 6.45) is 0. The highest BCUT2D eigenvalue weighted by Crippen LogP contribution is 2.31. The lowest BCUT2D eigenvalue weighted by molar-refractivity contribution is -0.384. The van der Waals surface area contributed by atoms with Crippen LogP contribution in [0.5, 0.6) is 0 Å². The molecule has 3 aromatic carbocycles. The predicted molar refractivity (Wildman–Crippen MR) is 129 cm³/mol. The Bertz CT molecular complexity index is 1290. The number of thioether (sulfide) groups is 1. The van der Waals surface area contributed by atoms with Gasteiger partial charge in [-0.2, -0.15) is 0 Å². The Morgan fingerprint density at radius 1 is 1.03 bits per heavy atom. The summed E-state index contributed by atoms with van der Waals surface area (Å²) in [5, 5.41) is 22.8. The van der Waals surface area contributed by atoms with Gasteiger partial charge in [0.25, 0.3) is 5.69 Å². The number of anilines is 1. The molecular formula is C24H21N5O3S. The Morgan fingerprint density at radius 2 is 1.76 bits per heavy atom. The molecule has 0 fully saturated rings. The summed E-state index contributed by atoms with van der Waals surface area (Å²) in [6, 6.07) is 23.3. The summed E-state index contributed by atoms with van der Waals surface area (Å²) in [7, 11) is 0. The van der Waals surface area contributed by atoms with E-state index in [-0.39, 0.29) is 11.6 Å². The lowest BCUT2D eigenvalue weighted by Gasteiger charge is -2.14. The van der Waals surface area contributed by atoms with Crippen molar-refractivity contribution in [3.63, 3.8) is 0 Å². The quantitative estimate of drug-likeness (QED) is 0.229. The van der Waals surface area contributed by atoms with Gasteiger partial charge in [0.15, 0.2) is 11.0 Å². The average molecular weight is 460 g/mol. The topological polar surface area (TPSA) is 103 Å². The third-order valence-electron chi connectivity index (χ3n) is 4.93. The minimum absolute atomic E-state index is 0.0323. The van der Waals surface area contributed by atoms with Crippen molar-refractivity contribution in [2.75, 3.05) is 5.32 Å². The first kappa shape index (κ1) is 22.2. The second-order valence-corrected chi connectivity index (χ2v) is 8.71. The van der Waals surface area contributed by atoms with Crippen molar-refractivity contribution in [1.29, 1.82) is 0 Å². The Hall–Kier alpha value is -3.98. The van der Waals surface area contributed by atoms with E-state index in [4.69, 9.17) is 0 Å². The second kappa shape index (κ2) is 9.66. The normalized spacial score (nSPS) is 11.7. The van der Waals surface area contributed by atoms with Gasteiger partial charge in [-0.3, -0.25) is 19.5 Å². The zero-order chi connectivity index (χ0) is 23.4. The second-order valence-electron chi connectivity index (χ2n) is 7.40. The van der Waals surface area contributed by atoms with Crippen LogP contribution in [0.4, 0.5) is 11.4 Å². The van der Waals surface area contributed by atoms with Gasteiger partial charge in [-0.1, -0.05) is 59.8 Å². The summed E-state index contributed by atoms with van der Waals surface area (Å²) in [5.41, 5.74) is 3.15. The highest BCUT2D eigenvalue weighted by molar-refractivity contribution is 8.00. The first-order chi connectivity index (χ1) is 15.9. The number of benzene rings is 3. The van der Waals surface area contributed by atoms with Crippen LogP contribution in [0.15, 0.2) is 84.0 Å². The van der Waals surface area contributed by atoms with Gasteiger partial charge >= 0.3 is 0 Å². The Balaban J connectivity index is 1.66. The number of hydrogen-bond donors (Lipinski definition) is 1. The fourth-order valence-corrected chi connectivity index (χ4v) is 4.06. The molecule has 8 nitrogen and oxygen atoms in total. The van der Waals surface area contributed by atoms with Crippen LogP contribution in [-0.2, 0) is 4.79 Å². The van der Waals surface area contributed by atoms with Gasteiger partial charge < -0.3 is 5.32 Å². The number of non-ortho nitro benzene ring substituents is 1. The monoisotopic (exact) mass is 459 g/mol. The largest absolute Gasteiger partial charge is 0.325 e. The van der Waals surface area contributed by atoms with E-state index in [2.05, 4.69) is 15.5 Å². The number of para-hydroxylation sites is 1. The van der Waals surface area contributed by atoms with Crippen LogP contribution < -0.4 is 5.32 Å². The number of nitro benzene ring substituents is 1. The Labute approximate surface area is 194 Å². The number of amides is 1. The standard InChI is InChI=1S/C24H21N5O3S/c1-16-11-13-19(14-12-16)25-23(30)17(2)33-24-27-26-22(28(24)20-8-4-3-5-9-20)18-7-6-10-21(15-18)29(31)32/h3-15,17H,1-2H3,(H,25,30). The number of carbonyl (C=O) groups excluding carboxylic acids is 1. The molecule has 1 unspecified atom stereocenters. The van der Waals surface area contributed by atoms with Crippen molar-refractivity contribution in [3.05, 3.63) is 94.5 Å². The summed E-state index contributed by atoms with van der Waals surface area (Å²) in [5.74, 6) is 0.293. The van der Waals surface area contributed by atoms with Crippen molar-refractivity contribution in [3.8, 4) is 17.1 Å². The van der Waals surface area contributed by atoms with Gasteiger partial charge in [-0.05, 0) is 38.1 Å². The van der Waals surface area contributed by atoms with Gasteiger partial charge in [-0.25, -0.2) is 0 Å². The molecule has 1 heterocycles. The van der Waals surface area contributed by atoms with E-state index >= 15 is 0 Å². The van der Waals surface area contributed by atoms with Crippen LogP contribution in [0, 0.1) is 17.0 Å². The molecule has 0 saturated heterocycles. The molecule has 1 amide bonds. The Kier molecular flexibility index (Phi) is 6.50. The average Bonchev–Trinajstić information content (AvgIpc) is 3.24. The third kappa shape index (κ3) is 5.09. The molecule has 0 bridgehead atoms. The molecule has 0 aliphatic rings. The van der Waals surface area contributed by atoms with Gasteiger partial charge in [0.05, 0.1) is 10.2 Å². The number of rotatable bonds is 7. The van der Waals surface area contributed by atoms with Gasteiger partial charge in [0.1, 0.15) is 0 Å². The Morgan fingerprint density at radius 3 is 2.45 bits per heavy atom. The van der Waals surface area contributed by atoms with Crippen LogP contribution in [-0.4, -0.2) is 30.8 Å². The predicted octanol–water partition coefficient (Wildman–Crippen LogP) is 5.27. The van der Waals surface area contributed by atoms with Crippen LogP contribution in [0.25, 0.3) is 17.1 Å². The van der Waals surface area contributed by atoms with Crippen LogP contribution in [0.1, 0.15) is 12.5 Å². The summed E-state index contributed by atoms with van der Waals surface area (Å²) >= 11 is 1.26. The lowest BCUT2D eigenvalue weighted by Crippen LogP contribution is -2.22. The molecule has 1 aromatic heterocycles. The molecule has 0 spiro atoms. The van der Waals surface area contributed by atoms with E-state index in [1.54, 1.807) is 23.6 Å². The zero-order valence-electron chi connectivity index (χ0n) is 18.0. The zero-order valence-corrected chi connectivity index (χ0v) is 18.8.